The first kappa shape index (κ1) is 16.0. The third-order valence-electron chi connectivity index (χ3n) is 4.11. The van der Waals surface area contributed by atoms with Gasteiger partial charge in [-0.15, -0.1) is 0 Å². The Bertz CT molecular complexity index is 438. The van der Waals surface area contributed by atoms with Crippen molar-refractivity contribution in [2.45, 2.75) is 44.1 Å². The monoisotopic (exact) mass is 291 g/mol. The number of methoxy groups -OCH3 is 1. The maximum absolute atomic E-state index is 12.0. The predicted molar refractivity (Wildman–Crippen MR) is 82.5 cm³/mol. The SMILES string of the molecule is COCC(O)CNC(=O)c1ccc(C2CCCCC2)cc1. The van der Waals surface area contributed by atoms with Gasteiger partial charge in [-0.1, -0.05) is 31.4 Å². The molecule has 1 unspecified atom stereocenters. The molecule has 0 saturated heterocycles. The average molecular weight is 291 g/mol. The highest BCUT2D eigenvalue weighted by Gasteiger charge is 2.16. The fourth-order valence-corrected chi connectivity index (χ4v) is 2.91. The van der Waals surface area contributed by atoms with Gasteiger partial charge < -0.3 is 15.2 Å². The van der Waals surface area contributed by atoms with E-state index >= 15 is 0 Å². The van der Waals surface area contributed by atoms with Crippen molar-refractivity contribution in [3.63, 3.8) is 0 Å². The van der Waals surface area contributed by atoms with Crippen LogP contribution in [-0.4, -0.2) is 37.4 Å². The third-order valence-corrected chi connectivity index (χ3v) is 4.11. The Kier molecular flexibility index (Phi) is 6.21. The van der Waals surface area contributed by atoms with E-state index in [1.807, 2.05) is 12.1 Å². The predicted octanol–water partition coefficient (Wildman–Crippen LogP) is 2.47. The second kappa shape index (κ2) is 8.15. The molecule has 1 saturated carbocycles. The Hall–Kier alpha value is -1.39. The lowest BCUT2D eigenvalue weighted by Gasteiger charge is -2.22. The highest BCUT2D eigenvalue weighted by atomic mass is 16.5. The summed E-state index contributed by atoms with van der Waals surface area (Å²) in [6.45, 7) is 0.429. The van der Waals surface area contributed by atoms with Gasteiger partial charge in [0.25, 0.3) is 5.91 Å². The van der Waals surface area contributed by atoms with Gasteiger partial charge in [-0.05, 0) is 36.5 Å². The lowest BCUT2D eigenvalue weighted by molar-refractivity contribution is 0.0610. The Labute approximate surface area is 126 Å². The Morgan fingerprint density at radius 1 is 1.29 bits per heavy atom. The van der Waals surface area contributed by atoms with Crippen molar-refractivity contribution < 1.29 is 14.6 Å². The molecule has 2 rings (SSSR count). The normalized spacial score (nSPS) is 17.4. The summed E-state index contributed by atoms with van der Waals surface area (Å²) in [6.07, 6.45) is 5.82. The van der Waals surface area contributed by atoms with Gasteiger partial charge in [0.1, 0.15) is 0 Å². The van der Waals surface area contributed by atoms with Crippen molar-refractivity contribution >= 4 is 5.91 Å². The number of nitrogens with one attached hydrogen (secondary N) is 1. The van der Waals surface area contributed by atoms with Gasteiger partial charge in [0.15, 0.2) is 0 Å². The molecule has 1 aliphatic rings. The molecule has 4 heteroatoms. The van der Waals surface area contributed by atoms with E-state index in [-0.39, 0.29) is 19.1 Å². The van der Waals surface area contributed by atoms with Crippen molar-refractivity contribution in [3.8, 4) is 0 Å². The maximum atomic E-state index is 12.0. The minimum absolute atomic E-state index is 0.152. The van der Waals surface area contributed by atoms with Crippen LogP contribution in [0.3, 0.4) is 0 Å². The smallest absolute Gasteiger partial charge is 0.251 e. The maximum Gasteiger partial charge on any atom is 0.251 e. The van der Waals surface area contributed by atoms with E-state index in [2.05, 4.69) is 17.4 Å². The Morgan fingerprint density at radius 3 is 2.57 bits per heavy atom. The van der Waals surface area contributed by atoms with Gasteiger partial charge in [0, 0.05) is 19.2 Å². The van der Waals surface area contributed by atoms with Crippen LogP contribution in [0.25, 0.3) is 0 Å². The van der Waals surface area contributed by atoms with Crippen molar-refractivity contribution in [2.75, 3.05) is 20.3 Å². The summed E-state index contributed by atoms with van der Waals surface area (Å²) in [7, 11) is 1.52. The summed E-state index contributed by atoms with van der Waals surface area (Å²) >= 11 is 0. The molecule has 1 aromatic carbocycles. The van der Waals surface area contributed by atoms with Crippen LogP contribution in [0.4, 0.5) is 0 Å². The molecular weight excluding hydrogens is 266 g/mol. The highest BCUT2D eigenvalue weighted by molar-refractivity contribution is 5.94. The number of aliphatic hydroxyl groups is 1. The minimum Gasteiger partial charge on any atom is -0.389 e. The summed E-state index contributed by atoms with van der Waals surface area (Å²) < 4.78 is 4.82. The summed E-state index contributed by atoms with van der Waals surface area (Å²) in [6, 6.07) is 7.89. The fourth-order valence-electron chi connectivity index (χ4n) is 2.91. The molecule has 1 aliphatic carbocycles. The van der Waals surface area contributed by atoms with Gasteiger partial charge in [0.05, 0.1) is 12.7 Å². The summed E-state index contributed by atoms with van der Waals surface area (Å²) in [5.41, 5.74) is 1.98. The average Bonchev–Trinajstić information content (AvgIpc) is 2.54. The van der Waals surface area contributed by atoms with Gasteiger partial charge in [-0.3, -0.25) is 4.79 Å². The first-order valence-electron chi connectivity index (χ1n) is 7.76. The number of carbonyl (C=O) groups excluding carboxylic acids is 1. The largest absolute Gasteiger partial charge is 0.389 e. The molecule has 0 aliphatic heterocycles. The number of ether oxygens (including phenoxy) is 1. The van der Waals surface area contributed by atoms with Crippen molar-refractivity contribution in [2.24, 2.45) is 0 Å². The molecular formula is C17H25NO3. The molecule has 0 spiro atoms. The second-order valence-electron chi connectivity index (χ2n) is 5.78. The molecule has 1 amide bonds. The van der Waals surface area contributed by atoms with Crippen LogP contribution in [0.5, 0.6) is 0 Å². The van der Waals surface area contributed by atoms with Gasteiger partial charge >= 0.3 is 0 Å². The van der Waals surface area contributed by atoms with Gasteiger partial charge in [0.2, 0.25) is 0 Å². The number of hydrogen-bond acceptors (Lipinski definition) is 3. The Balaban J connectivity index is 1.87. The zero-order valence-corrected chi connectivity index (χ0v) is 12.7. The van der Waals surface area contributed by atoms with Crippen LogP contribution < -0.4 is 5.32 Å². The lowest BCUT2D eigenvalue weighted by atomic mass is 9.84. The quantitative estimate of drug-likeness (QED) is 0.846. The number of benzene rings is 1. The standard InChI is InChI=1S/C17H25NO3/c1-21-12-16(19)11-18-17(20)15-9-7-14(8-10-15)13-5-3-2-4-6-13/h7-10,13,16,19H,2-6,11-12H2,1H3,(H,18,20). The van der Waals surface area contributed by atoms with E-state index in [1.54, 1.807) is 0 Å². The van der Waals surface area contributed by atoms with Crippen molar-refractivity contribution in [3.05, 3.63) is 35.4 Å². The van der Waals surface area contributed by atoms with Crippen LogP contribution in [0.2, 0.25) is 0 Å². The van der Waals surface area contributed by atoms with Crippen LogP contribution in [0.1, 0.15) is 53.9 Å². The second-order valence-corrected chi connectivity index (χ2v) is 5.78. The van der Waals surface area contributed by atoms with Gasteiger partial charge in [-0.25, -0.2) is 0 Å². The summed E-state index contributed by atoms with van der Waals surface area (Å²) in [5.74, 6) is 0.500. The van der Waals surface area contributed by atoms with Gasteiger partial charge in [-0.2, -0.15) is 0 Å². The molecule has 116 valence electrons. The number of aliphatic hydroxyl groups excluding tert-OH is 1. The zero-order valence-electron chi connectivity index (χ0n) is 12.7. The van der Waals surface area contributed by atoms with Crippen LogP contribution in [0, 0.1) is 0 Å². The summed E-state index contributed by atoms with van der Waals surface area (Å²) in [5, 5.41) is 12.2. The highest BCUT2D eigenvalue weighted by Crippen LogP contribution is 2.32. The topological polar surface area (TPSA) is 58.6 Å². The van der Waals surface area contributed by atoms with E-state index in [4.69, 9.17) is 4.74 Å². The van der Waals surface area contributed by atoms with Crippen LogP contribution in [-0.2, 0) is 4.74 Å². The number of rotatable bonds is 6. The molecule has 2 N–H and O–H groups in total. The lowest BCUT2D eigenvalue weighted by Crippen LogP contribution is -2.34. The molecule has 0 radical (unpaired) electrons. The van der Waals surface area contributed by atoms with E-state index in [0.717, 1.165) is 0 Å². The molecule has 4 nitrogen and oxygen atoms in total. The Morgan fingerprint density at radius 2 is 1.95 bits per heavy atom. The number of amides is 1. The van der Waals surface area contributed by atoms with E-state index in [1.165, 1.54) is 44.8 Å². The van der Waals surface area contributed by atoms with Crippen LogP contribution >= 0.6 is 0 Å². The van der Waals surface area contributed by atoms with E-state index in [9.17, 15) is 9.90 Å². The molecule has 1 atom stereocenters. The van der Waals surface area contributed by atoms with E-state index in [0.29, 0.717) is 11.5 Å². The number of hydrogen-bond donors (Lipinski definition) is 2. The van der Waals surface area contributed by atoms with Crippen LogP contribution in [0.15, 0.2) is 24.3 Å². The fraction of sp³-hybridized carbons (Fsp3) is 0.588. The first-order chi connectivity index (χ1) is 10.2. The molecule has 1 aromatic rings. The summed E-state index contributed by atoms with van der Waals surface area (Å²) in [4.78, 5) is 12.0. The van der Waals surface area contributed by atoms with Crippen molar-refractivity contribution in [1.82, 2.24) is 5.32 Å². The van der Waals surface area contributed by atoms with Crippen molar-refractivity contribution in [1.29, 1.82) is 0 Å². The molecule has 0 heterocycles. The number of carbonyl (C=O) groups is 1. The molecule has 1 fully saturated rings. The molecule has 0 aromatic heterocycles. The van der Waals surface area contributed by atoms with E-state index < -0.39 is 6.10 Å². The molecule has 21 heavy (non-hydrogen) atoms. The zero-order chi connectivity index (χ0) is 15.1. The first-order valence-corrected chi connectivity index (χ1v) is 7.76. The molecule has 0 bridgehead atoms. The minimum atomic E-state index is -0.666. The third kappa shape index (κ3) is 4.83.